The lowest BCUT2D eigenvalue weighted by Gasteiger charge is -2.01. The number of benzene rings is 2. The molecular weight excluding hydrogens is 268 g/mol. The van der Waals surface area contributed by atoms with Crippen LogP contribution in [0.5, 0.6) is 11.5 Å². The molecule has 4 nitrogen and oxygen atoms in total. The molecule has 2 aromatic carbocycles. The van der Waals surface area contributed by atoms with Crippen molar-refractivity contribution < 1.29 is 18.7 Å². The first-order valence-corrected chi connectivity index (χ1v) is 6.66. The summed E-state index contributed by atoms with van der Waals surface area (Å²) in [5.74, 6) is 1.47. The Morgan fingerprint density at radius 3 is 2.71 bits per heavy atom. The zero-order chi connectivity index (χ0) is 14.4. The van der Waals surface area contributed by atoms with E-state index < -0.39 is 0 Å². The molecule has 104 valence electrons. The first kappa shape index (κ1) is 12.0. The maximum absolute atomic E-state index is 12.6. The smallest absolute Gasteiger partial charge is 0.231 e. The highest BCUT2D eigenvalue weighted by Crippen LogP contribution is 2.34. The number of carbonyl (C=O) groups excluding carboxylic acids is 1. The summed E-state index contributed by atoms with van der Waals surface area (Å²) in [6.45, 7) is 2.09. The van der Waals surface area contributed by atoms with Gasteiger partial charge in [-0.3, -0.25) is 4.79 Å². The highest BCUT2D eigenvalue weighted by atomic mass is 16.7. The molecule has 0 amide bonds. The van der Waals surface area contributed by atoms with Crippen molar-refractivity contribution >= 4 is 16.8 Å². The fourth-order valence-electron chi connectivity index (χ4n) is 2.56. The quantitative estimate of drug-likeness (QED) is 0.671. The molecule has 2 heterocycles. The zero-order valence-corrected chi connectivity index (χ0v) is 11.4. The molecule has 4 heteroatoms. The Kier molecular flexibility index (Phi) is 2.51. The Bertz CT molecular complexity index is 860. The van der Waals surface area contributed by atoms with Crippen molar-refractivity contribution in [1.29, 1.82) is 0 Å². The molecule has 21 heavy (non-hydrogen) atoms. The predicted molar refractivity (Wildman–Crippen MR) is 76.9 cm³/mol. The van der Waals surface area contributed by atoms with Crippen molar-refractivity contribution in [1.82, 2.24) is 0 Å². The van der Waals surface area contributed by atoms with Crippen LogP contribution in [0.1, 0.15) is 21.7 Å². The minimum Gasteiger partial charge on any atom is -0.454 e. The van der Waals surface area contributed by atoms with Crippen LogP contribution in [0.4, 0.5) is 0 Å². The van der Waals surface area contributed by atoms with Crippen LogP contribution >= 0.6 is 0 Å². The third-order valence-corrected chi connectivity index (χ3v) is 3.68. The van der Waals surface area contributed by atoms with Gasteiger partial charge in [-0.2, -0.15) is 0 Å². The first-order valence-electron chi connectivity index (χ1n) is 6.66. The van der Waals surface area contributed by atoms with Gasteiger partial charge in [-0.15, -0.1) is 0 Å². The topological polar surface area (TPSA) is 48.7 Å². The van der Waals surface area contributed by atoms with Crippen molar-refractivity contribution in [3.8, 4) is 11.5 Å². The highest BCUT2D eigenvalue weighted by molar-refractivity contribution is 6.10. The molecule has 0 atom stereocenters. The summed E-state index contributed by atoms with van der Waals surface area (Å²) in [7, 11) is 0. The van der Waals surface area contributed by atoms with Gasteiger partial charge >= 0.3 is 0 Å². The molecule has 0 fully saturated rings. The molecule has 1 aliphatic heterocycles. The van der Waals surface area contributed by atoms with Crippen LogP contribution in [0, 0.1) is 6.92 Å². The van der Waals surface area contributed by atoms with Crippen LogP contribution in [0.25, 0.3) is 11.0 Å². The number of carbonyl (C=O) groups is 1. The first-order chi connectivity index (χ1) is 10.2. The van der Waals surface area contributed by atoms with E-state index in [1.165, 1.54) is 0 Å². The SMILES string of the molecule is Cc1c(C(=O)c2ccc3c(c2)OCO3)oc2ccccc12. The lowest BCUT2D eigenvalue weighted by molar-refractivity contribution is 0.101. The normalized spacial score (nSPS) is 12.8. The molecule has 3 aromatic rings. The Morgan fingerprint density at radius 1 is 1.05 bits per heavy atom. The summed E-state index contributed by atoms with van der Waals surface area (Å²) in [6.07, 6.45) is 0. The molecule has 0 radical (unpaired) electrons. The highest BCUT2D eigenvalue weighted by Gasteiger charge is 2.22. The zero-order valence-electron chi connectivity index (χ0n) is 11.4. The van der Waals surface area contributed by atoms with E-state index in [9.17, 15) is 4.79 Å². The van der Waals surface area contributed by atoms with Crippen molar-refractivity contribution in [2.24, 2.45) is 0 Å². The second kappa shape index (κ2) is 4.38. The van der Waals surface area contributed by atoms with Crippen molar-refractivity contribution in [2.75, 3.05) is 6.79 Å². The molecule has 0 bridgehead atoms. The molecule has 0 saturated carbocycles. The van der Waals surface area contributed by atoms with Gasteiger partial charge in [-0.05, 0) is 31.2 Å². The Hall–Kier alpha value is -2.75. The van der Waals surface area contributed by atoms with E-state index in [1.54, 1.807) is 18.2 Å². The van der Waals surface area contributed by atoms with Crippen molar-refractivity contribution in [3.63, 3.8) is 0 Å². The van der Waals surface area contributed by atoms with Gasteiger partial charge in [0.25, 0.3) is 0 Å². The van der Waals surface area contributed by atoms with E-state index in [0.717, 1.165) is 16.5 Å². The Morgan fingerprint density at radius 2 is 1.86 bits per heavy atom. The van der Waals surface area contributed by atoms with Gasteiger partial charge in [0.05, 0.1) is 0 Å². The molecule has 0 saturated heterocycles. The molecule has 0 unspecified atom stereocenters. The number of aryl methyl sites for hydroxylation is 1. The van der Waals surface area contributed by atoms with E-state index in [2.05, 4.69) is 0 Å². The number of fused-ring (bicyclic) bond motifs is 2. The van der Waals surface area contributed by atoms with Crippen molar-refractivity contribution in [2.45, 2.75) is 6.92 Å². The second-order valence-electron chi connectivity index (χ2n) is 4.95. The minimum atomic E-state index is -0.151. The van der Waals surface area contributed by atoms with Crippen LogP contribution < -0.4 is 9.47 Å². The van der Waals surface area contributed by atoms with Gasteiger partial charge in [0.1, 0.15) is 5.58 Å². The standard InChI is InChI=1S/C17H12O4/c1-10-12-4-2-3-5-13(12)21-17(10)16(18)11-6-7-14-15(8-11)20-9-19-14/h2-8H,9H2,1H3. The summed E-state index contributed by atoms with van der Waals surface area (Å²) in [5.41, 5.74) is 2.11. The van der Waals surface area contributed by atoms with Crippen LogP contribution in [0.2, 0.25) is 0 Å². The van der Waals surface area contributed by atoms with E-state index in [0.29, 0.717) is 22.8 Å². The molecular formula is C17H12O4. The maximum atomic E-state index is 12.6. The van der Waals surface area contributed by atoms with Gasteiger partial charge in [0.15, 0.2) is 17.3 Å². The predicted octanol–water partition coefficient (Wildman–Crippen LogP) is 3.70. The summed E-state index contributed by atoms with van der Waals surface area (Å²) < 4.78 is 16.3. The molecule has 0 N–H and O–H groups in total. The fraction of sp³-hybridized carbons (Fsp3) is 0.118. The van der Waals surface area contributed by atoms with E-state index in [4.69, 9.17) is 13.9 Å². The summed E-state index contributed by atoms with van der Waals surface area (Å²) in [4.78, 5) is 12.6. The lowest BCUT2D eigenvalue weighted by Crippen LogP contribution is -2.01. The van der Waals surface area contributed by atoms with Crippen LogP contribution in [0.3, 0.4) is 0 Å². The van der Waals surface area contributed by atoms with Gasteiger partial charge in [-0.25, -0.2) is 0 Å². The van der Waals surface area contributed by atoms with Crippen LogP contribution in [-0.2, 0) is 0 Å². The van der Waals surface area contributed by atoms with Gasteiger partial charge in [0, 0.05) is 16.5 Å². The van der Waals surface area contributed by atoms with E-state index >= 15 is 0 Å². The minimum absolute atomic E-state index is 0.151. The maximum Gasteiger partial charge on any atom is 0.231 e. The summed E-state index contributed by atoms with van der Waals surface area (Å²) in [5, 5.41) is 0.960. The Balaban J connectivity index is 1.81. The monoisotopic (exact) mass is 280 g/mol. The molecule has 1 aliphatic rings. The third kappa shape index (κ3) is 1.80. The third-order valence-electron chi connectivity index (χ3n) is 3.68. The number of rotatable bonds is 2. The largest absolute Gasteiger partial charge is 0.454 e. The van der Waals surface area contributed by atoms with Gasteiger partial charge < -0.3 is 13.9 Å². The molecule has 4 rings (SSSR count). The van der Waals surface area contributed by atoms with Gasteiger partial charge in [0.2, 0.25) is 12.6 Å². The number of furan rings is 1. The summed E-state index contributed by atoms with van der Waals surface area (Å²) in [6, 6.07) is 12.8. The van der Waals surface area contributed by atoms with E-state index in [-0.39, 0.29) is 12.6 Å². The van der Waals surface area contributed by atoms with Crippen LogP contribution in [-0.4, -0.2) is 12.6 Å². The number of para-hydroxylation sites is 1. The van der Waals surface area contributed by atoms with Crippen molar-refractivity contribution in [3.05, 3.63) is 59.4 Å². The number of ketones is 1. The average molecular weight is 280 g/mol. The molecule has 0 spiro atoms. The Labute approximate surface area is 120 Å². The molecule has 1 aromatic heterocycles. The van der Waals surface area contributed by atoms with E-state index in [1.807, 2.05) is 31.2 Å². The number of hydrogen-bond donors (Lipinski definition) is 0. The lowest BCUT2D eigenvalue weighted by atomic mass is 10.0. The summed E-state index contributed by atoms with van der Waals surface area (Å²) >= 11 is 0. The number of hydrogen-bond acceptors (Lipinski definition) is 4. The van der Waals surface area contributed by atoms with Gasteiger partial charge in [-0.1, -0.05) is 18.2 Å². The molecule has 0 aliphatic carbocycles. The average Bonchev–Trinajstić information content (AvgIpc) is 3.11. The van der Waals surface area contributed by atoms with Crippen LogP contribution in [0.15, 0.2) is 46.9 Å². The number of ether oxygens (including phenoxy) is 2. The second-order valence-corrected chi connectivity index (χ2v) is 4.95. The fourth-order valence-corrected chi connectivity index (χ4v) is 2.56.